The molecule has 7 heteroatoms. The van der Waals surface area contributed by atoms with Crippen LogP contribution >= 0.6 is 0 Å². The van der Waals surface area contributed by atoms with Crippen molar-refractivity contribution in [2.45, 2.75) is 50.7 Å². The monoisotopic (exact) mass is 448 g/mol. The van der Waals surface area contributed by atoms with Crippen LogP contribution < -0.4 is 9.47 Å². The summed E-state index contributed by atoms with van der Waals surface area (Å²) in [7, 11) is 1.64. The molecule has 0 saturated heterocycles. The second-order valence-electron chi connectivity index (χ2n) is 8.48. The Hall–Kier alpha value is -3.61. The van der Waals surface area contributed by atoms with Gasteiger partial charge in [-0.3, -0.25) is 9.78 Å². The number of phenolic OH excluding ortho intramolecular Hbond substituents is 1. The molecule has 172 valence electrons. The first kappa shape index (κ1) is 22.6. The van der Waals surface area contributed by atoms with Crippen LogP contribution in [0.2, 0.25) is 0 Å². The average Bonchev–Trinajstić information content (AvgIpc) is 3.50. The van der Waals surface area contributed by atoms with Crippen molar-refractivity contribution in [1.29, 1.82) is 0 Å². The minimum absolute atomic E-state index is 0.239. The highest BCUT2D eigenvalue weighted by atomic mass is 16.7. The smallest absolute Gasteiger partial charge is 0.195 e. The molecule has 1 unspecified atom stereocenters. The van der Waals surface area contributed by atoms with Crippen molar-refractivity contribution in [3.05, 3.63) is 60.3 Å². The molecule has 0 spiro atoms. The number of benzene rings is 2. The number of methoxy groups -OCH3 is 1. The zero-order chi connectivity index (χ0) is 23.3. The largest absolute Gasteiger partial charge is 0.506 e. The number of oxime groups is 1. The van der Waals surface area contributed by atoms with Crippen molar-refractivity contribution in [3.8, 4) is 17.2 Å². The van der Waals surface area contributed by atoms with Crippen LogP contribution in [0.4, 0.5) is 0 Å². The van der Waals surface area contributed by atoms with Crippen molar-refractivity contribution in [3.63, 3.8) is 0 Å². The van der Waals surface area contributed by atoms with Gasteiger partial charge in [0.05, 0.1) is 18.9 Å². The molecule has 1 aliphatic carbocycles. The molecule has 33 heavy (non-hydrogen) atoms. The van der Waals surface area contributed by atoms with Crippen LogP contribution in [0.25, 0.3) is 10.9 Å². The number of carbonyl (C=O) groups excluding carboxylic acids is 1. The van der Waals surface area contributed by atoms with Gasteiger partial charge in [0.1, 0.15) is 11.3 Å². The van der Waals surface area contributed by atoms with Gasteiger partial charge in [0.2, 0.25) is 0 Å². The first-order valence-corrected chi connectivity index (χ1v) is 11.1. The van der Waals surface area contributed by atoms with E-state index in [-0.39, 0.29) is 11.9 Å². The fourth-order valence-corrected chi connectivity index (χ4v) is 4.00. The van der Waals surface area contributed by atoms with E-state index in [4.69, 9.17) is 14.3 Å². The van der Waals surface area contributed by atoms with Crippen LogP contribution in [0.15, 0.2) is 59.9 Å². The Morgan fingerprint density at radius 2 is 1.91 bits per heavy atom. The van der Waals surface area contributed by atoms with E-state index in [1.165, 1.54) is 12.8 Å². The van der Waals surface area contributed by atoms with Crippen LogP contribution in [0.1, 0.15) is 44.6 Å². The number of aromatic nitrogens is 1. The zero-order valence-corrected chi connectivity index (χ0v) is 18.9. The number of hydrogen-bond acceptors (Lipinski definition) is 7. The fourth-order valence-electron chi connectivity index (χ4n) is 4.00. The van der Waals surface area contributed by atoms with Crippen molar-refractivity contribution < 1.29 is 24.2 Å². The quantitative estimate of drug-likeness (QED) is 0.550. The highest BCUT2D eigenvalue weighted by Crippen LogP contribution is 2.34. The summed E-state index contributed by atoms with van der Waals surface area (Å²) in [6.07, 6.45) is 7.78. The number of nitrogens with zero attached hydrogens (tertiary/aromatic N) is 2. The number of fused-ring (bicyclic) bond motifs is 1. The van der Waals surface area contributed by atoms with Crippen LogP contribution in [-0.2, 0) is 9.63 Å². The van der Waals surface area contributed by atoms with Gasteiger partial charge in [-0.15, -0.1) is 0 Å². The summed E-state index contributed by atoms with van der Waals surface area (Å²) in [4.78, 5) is 20.3. The maximum absolute atomic E-state index is 11.1. The van der Waals surface area contributed by atoms with Gasteiger partial charge in [-0.25, -0.2) is 0 Å². The maximum Gasteiger partial charge on any atom is 0.195 e. The molecule has 2 aromatic carbocycles. The number of phenols is 1. The molecule has 0 bridgehead atoms. The van der Waals surface area contributed by atoms with E-state index < -0.39 is 5.60 Å². The Bertz CT molecular complexity index is 1150. The van der Waals surface area contributed by atoms with Gasteiger partial charge in [0.25, 0.3) is 0 Å². The average molecular weight is 449 g/mol. The predicted molar refractivity (Wildman–Crippen MR) is 126 cm³/mol. The Morgan fingerprint density at radius 3 is 2.61 bits per heavy atom. The molecule has 5 rings (SSSR count). The summed E-state index contributed by atoms with van der Waals surface area (Å²) in [6.45, 7) is 1.73. The second kappa shape index (κ2) is 9.90. The molecule has 7 nitrogen and oxygen atoms in total. The van der Waals surface area contributed by atoms with Crippen molar-refractivity contribution in [2.75, 3.05) is 7.11 Å². The van der Waals surface area contributed by atoms with Gasteiger partial charge in [-0.05, 0) is 62.9 Å². The van der Waals surface area contributed by atoms with E-state index >= 15 is 0 Å². The first-order chi connectivity index (χ1) is 16.0. The SMILES string of the molecule is COc1ccc(C2=NOC(C)(C=O)C2)cc1OC1CCCC1.Oc1cccc2cccnc12. The minimum Gasteiger partial charge on any atom is -0.506 e. The Labute approximate surface area is 193 Å². The number of ether oxygens (including phenoxy) is 2. The zero-order valence-electron chi connectivity index (χ0n) is 18.9. The topological polar surface area (TPSA) is 90.2 Å². The third-order valence-electron chi connectivity index (χ3n) is 5.84. The molecule has 1 atom stereocenters. The molecule has 2 aliphatic rings. The van der Waals surface area contributed by atoms with E-state index in [1.807, 2.05) is 36.4 Å². The molecular weight excluding hydrogens is 420 g/mol. The van der Waals surface area contributed by atoms with Gasteiger partial charge >= 0.3 is 0 Å². The lowest BCUT2D eigenvalue weighted by molar-refractivity contribution is -0.125. The molecule has 1 N–H and O–H groups in total. The van der Waals surface area contributed by atoms with Crippen LogP contribution in [0.3, 0.4) is 0 Å². The lowest BCUT2D eigenvalue weighted by atomic mass is 9.97. The molecular formula is C26H28N2O5. The number of aromatic hydroxyl groups is 1. The highest BCUT2D eigenvalue weighted by Gasteiger charge is 2.34. The number of rotatable bonds is 5. The lowest BCUT2D eigenvalue weighted by Gasteiger charge is -2.17. The van der Waals surface area contributed by atoms with Crippen molar-refractivity contribution in [1.82, 2.24) is 4.98 Å². The van der Waals surface area contributed by atoms with Crippen molar-refractivity contribution >= 4 is 22.9 Å². The molecule has 1 fully saturated rings. The van der Waals surface area contributed by atoms with E-state index in [0.29, 0.717) is 17.7 Å². The molecule has 1 aromatic heterocycles. The summed E-state index contributed by atoms with van der Waals surface area (Å²) in [5, 5.41) is 14.3. The lowest BCUT2D eigenvalue weighted by Crippen LogP contribution is -2.26. The summed E-state index contributed by atoms with van der Waals surface area (Å²) in [5.74, 6) is 1.69. The van der Waals surface area contributed by atoms with Crippen LogP contribution in [0, 0.1) is 0 Å². The maximum atomic E-state index is 11.1. The summed E-state index contributed by atoms with van der Waals surface area (Å²) in [5.41, 5.74) is 1.46. The van der Waals surface area contributed by atoms with E-state index in [2.05, 4.69) is 10.1 Å². The molecule has 3 aromatic rings. The second-order valence-corrected chi connectivity index (χ2v) is 8.48. The third-order valence-corrected chi connectivity index (χ3v) is 5.84. The number of carbonyl (C=O) groups is 1. The van der Waals surface area contributed by atoms with Gasteiger partial charge in [-0.2, -0.15) is 0 Å². The number of pyridine rings is 1. The fraction of sp³-hybridized carbons (Fsp3) is 0.346. The molecule has 0 amide bonds. The predicted octanol–water partition coefficient (Wildman–Crippen LogP) is 5.04. The number of aldehydes is 1. The summed E-state index contributed by atoms with van der Waals surface area (Å²) in [6, 6.07) is 14.8. The molecule has 1 saturated carbocycles. The molecule has 0 radical (unpaired) electrons. The van der Waals surface area contributed by atoms with Gasteiger partial charge in [-0.1, -0.05) is 23.4 Å². The van der Waals surface area contributed by atoms with Gasteiger partial charge in [0.15, 0.2) is 23.4 Å². The number of para-hydroxylation sites is 1. The van der Waals surface area contributed by atoms with Gasteiger partial charge < -0.3 is 19.4 Å². The van der Waals surface area contributed by atoms with E-state index in [9.17, 15) is 9.90 Å². The van der Waals surface area contributed by atoms with Crippen molar-refractivity contribution in [2.24, 2.45) is 5.16 Å². The Kier molecular flexibility index (Phi) is 6.77. The minimum atomic E-state index is -0.859. The normalized spacial score (nSPS) is 19.9. The standard InChI is InChI=1S/C17H21NO4.C9H7NO/c1-17(11-19)10-14(18-22-17)12-7-8-15(20-2)16(9-12)21-13-5-3-4-6-13;11-8-5-1-3-7-4-2-6-10-9(7)8/h7-9,11,13H,3-6,10H2,1-2H3;1-6,11H. The molecule has 2 heterocycles. The highest BCUT2D eigenvalue weighted by molar-refractivity contribution is 6.03. The first-order valence-electron chi connectivity index (χ1n) is 11.1. The third kappa shape index (κ3) is 5.25. The van der Waals surface area contributed by atoms with Crippen LogP contribution in [0.5, 0.6) is 17.2 Å². The molecule has 1 aliphatic heterocycles. The van der Waals surface area contributed by atoms with Gasteiger partial charge in [0, 0.05) is 23.6 Å². The van der Waals surface area contributed by atoms with E-state index in [0.717, 1.165) is 41.5 Å². The summed E-state index contributed by atoms with van der Waals surface area (Å²) >= 11 is 0. The Morgan fingerprint density at radius 1 is 1.12 bits per heavy atom. The van der Waals surface area contributed by atoms with Crippen LogP contribution in [-0.4, -0.2) is 40.9 Å². The Balaban J connectivity index is 0.000000196. The summed E-state index contributed by atoms with van der Waals surface area (Å²) < 4.78 is 11.5. The van der Waals surface area contributed by atoms with E-state index in [1.54, 1.807) is 32.4 Å². The number of hydrogen-bond donors (Lipinski definition) is 1.